The van der Waals surface area contributed by atoms with Gasteiger partial charge in [-0.3, -0.25) is 4.79 Å². The average Bonchev–Trinajstić information content (AvgIpc) is 3.06. The fraction of sp³-hybridized carbons (Fsp3) is 0.533. The molecule has 2 rings (SSSR count). The van der Waals surface area contributed by atoms with Crippen LogP contribution in [-0.4, -0.2) is 45.2 Å². The lowest BCUT2D eigenvalue weighted by Gasteiger charge is -2.22. The summed E-state index contributed by atoms with van der Waals surface area (Å²) in [6.45, 7) is 1.52. The fourth-order valence-corrected chi connectivity index (χ4v) is 2.86. The van der Waals surface area contributed by atoms with Gasteiger partial charge in [-0.25, -0.2) is 0 Å². The molecule has 0 radical (unpaired) electrons. The number of hydrogen-bond acceptors (Lipinski definition) is 4. The van der Waals surface area contributed by atoms with Crippen molar-refractivity contribution in [2.24, 2.45) is 0 Å². The molecule has 1 aromatic carbocycles. The van der Waals surface area contributed by atoms with Crippen molar-refractivity contribution < 1.29 is 19.0 Å². The number of ether oxygens (including phenoxy) is 3. The van der Waals surface area contributed by atoms with E-state index < -0.39 is 5.38 Å². The first-order valence-electron chi connectivity index (χ1n) is 6.85. The average molecular weight is 314 g/mol. The van der Waals surface area contributed by atoms with Crippen molar-refractivity contribution in [2.75, 3.05) is 34.4 Å². The molecule has 1 atom stereocenters. The van der Waals surface area contributed by atoms with Crippen molar-refractivity contribution in [3.63, 3.8) is 0 Å². The molecule has 0 aliphatic carbocycles. The fourth-order valence-electron chi connectivity index (χ4n) is 2.55. The topological polar surface area (TPSA) is 48.0 Å². The summed E-state index contributed by atoms with van der Waals surface area (Å²) in [5, 5.41) is -0.794. The van der Waals surface area contributed by atoms with E-state index in [0.717, 1.165) is 25.9 Å². The molecule has 0 bridgehead atoms. The Balaban J connectivity index is 2.35. The highest BCUT2D eigenvalue weighted by molar-refractivity contribution is 6.31. The second-order valence-corrected chi connectivity index (χ2v) is 5.25. The van der Waals surface area contributed by atoms with Gasteiger partial charge in [0.1, 0.15) is 5.38 Å². The van der Waals surface area contributed by atoms with Crippen LogP contribution in [0.2, 0.25) is 0 Å². The molecule has 21 heavy (non-hydrogen) atoms. The summed E-state index contributed by atoms with van der Waals surface area (Å²) < 4.78 is 15.9. The number of hydrogen-bond donors (Lipinski definition) is 0. The molecule has 1 saturated heterocycles. The van der Waals surface area contributed by atoms with Gasteiger partial charge in [-0.05, 0) is 25.0 Å². The zero-order valence-corrected chi connectivity index (χ0v) is 13.3. The van der Waals surface area contributed by atoms with E-state index in [0.29, 0.717) is 22.8 Å². The van der Waals surface area contributed by atoms with Crippen LogP contribution in [0.1, 0.15) is 23.8 Å². The minimum Gasteiger partial charge on any atom is -0.493 e. The second kappa shape index (κ2) is 6.89. The Morgan fingerprint density at radius 1 is 1.10 bits per heavy atom. The molecule has 1 heterocycles. The first-order chi connectivity index (χ1) is 10.1. The largest absolute Gasteiger partial charge is 0.493 e. The van der Waals surface area contributed by atoms with Gasteiger partial charge >= 0.3 is 0 Å². The molecule has 1 unspecified atom stereocenters. The summed E-state index contributed by atoms with van der Waals surface area (Å²) in [4.78, 5) is 14.2. The molecule has 0 N–H and O–H groups in total. The van der Waals surface area contributed by atoms with Crippen LogP contribution >= 0.6 is 11.6 Å². The number of amides is 1. The van der Waals surface area contributed by atoms with Crippen LogP contribution < -0.4 is 14.2 Å². The molecular formula is C15H20ClNO4. The lowest BCUT2D eigenvalue weighted by Crippen LogP contribution is -2.30. The maximum Gasteiger partial charge on any atom is 0.245 e. The molecule has 1 amide bonds. The standard InChI is InChI=1S/C15H20ClNO4/c1-19-11-7-6-10(13(20-2)14(11)21-3)12(16)15(18)17-8-4-5-9-17/h6-7,12H,4-5,8-9H2,1-3H3. The molecule has 0 saturated carbocycles. The Morgan fingerprint density at radius 2 is 1.71 bits per heavy atom. The lowest BCUT2D eigenvalue weighted by atomic mass is 10.1. The Bertz CT molecular complexity index is 515. The van der Waals surface area contributed by atoms with Crippen molar-refractivity contribution in [1.82, 2.24) is 4.90 Å². The van der Waals surface area contributed by atoms with Gasteiger partial charge in [-0.1, -0.05) is 0 Å². The zero-order valence-electron chi connectivity index (χ0n) is 12.5. The predicted octanol–water partition coefficient (Wildman–Crippen LogP) is 2.61. The van der Waals surface area contributed by atoms with E-state index in [1.54, 1.807) is 24.1 Å². The van der Waals surface area contributed by atoms with Crippen LogP contribution in [0.15, 0.2) is 12.1 Å². The van der Waals surface area contributed by atoms with Crippen LogP contribution in [0.3, 0.4) is 0 Å². The van der Waals surface area contributed by atoms with Crippen molar-refractivity contribution in [3.05, 3.63) is 17.7 Å². The van der Waals surface area contributed by atoms with Crippen molar-refractivity contribution >= 4 is 17.5 Å². The molecule has 116 valence electrons. The Morgan fingerprint density at radius 3 is 2.24 bits per heavy atom. The van der Waals surface area contributed by atoms with Crippen LogP contribution in [0.5, 0.6) is 17.2 Å². The minimum absolute atomic E-state index is 0.0975. The predicted molar refractivity (Wildman–Crippen MR) is 80.5 cm³/mol. The van der Waals surface area contributed by atoms with Crippen LogP contribution in [0, 0.1) is 0 Å². The van der Waals surface area contributed by atoms with E-state index >= 15 is 0 Å². The van der Waals surface area contributed by atoms with Gasteiger partial charge in [0.05, 0.1) is 21.3 Å². The van der Waals surface area contributed by atoms with E-state index in [1.807, 2.05) is 0 Å². The number of alkyl halides is 1. The zero-order chi connectivity index (χ0) is 15.4. The van der Waals surface area contributed by atoms with E-state index in [9.17, 15) is 4.79 Å². The molecule has 1 aliphatic heterocycles. The molecule has 1 aliphatic rings. The number of likely N-dealkylation sites (tertiary alicyclic amines) is 1. The maximum atomic E-state index is 12.4. The second-order valence-electron chi connectivity index (χ2n) is 4.82. The normalized spacial score (nSPS) is 15.7. The number of carbonyl (C=O) groups excluding carboxylic acids is 1. The van der Waals surface area contributed by atoms with Gasteiger partial charge in [-0.2, -0.15) is 0 Å². The number of halogens is 1. The lowest BCUT2D eigenvalue weighted by molar-refractivity contribution is -0.129. The Kier molecular flexibility index (Phi) is 5.17. The number of rotatable bonds is 5. The smallest absolute Gasteiger partial charge is 0.245 e. The Labute approximate surface area is 129 Å². The third-order valence-corrected chi connectivity index (χ3v) is 4.06. The summed E-state index contributed by atoms with van der Waals surface area (Å²) in [5.41, 5.74) is 0.591. The van der Waals surface area contributed by atoms with E-state index in [4.69, 9.17) is 25.8 Å². The molecule has 0 spiro atoms. The van der Waals surface area contributed by atoms with Gasteiger partial charge in [-0.15, -0.1) is 11.6 Å². The summed E-state index contributed by atoms with van der Waals surface area (Å²) >= 11 is 6.38. The van der Waals surface area contributed by atoms with Crippen molar-refractivity contribution in [1.29, 1.82) is 0 Å². The molecule has 6 heteroatoms. The van der Waals surface area contributed by atoms with Crippen LogP contribution in [-0.2, 0) is 4.79 Å². The van der Waals surface area contributed by atoms with Gasteiger partial charge < -0.3 is 19.1 Å². The van der Waals surface area contributed by atoms with Crippen LogP contribution in [0.25, 0.3) is 0 Å². The highest BCUT2D eigenvalue weighted by Gasteiger charge is 2.30. The SMILES string of the molecule is COc1ccc(C(Cl)C(=O)N2CCCC2)c(OC)c1OC. The summed E-state index contributed by atoms with van der Waals surface area (Å²) in [6.07, 6.45) is 2.05. The van der Waals surface area contributed by atoms with Gasteiger partial charge in [0.2, 0.25) is 11.7 Å². The highest BCUT2D eigenvalue weighted by Crippen LogP contribution is 2.44. The number of benzene rings is 1. The van der Waals surface area contributed by atoms with Crippen LogP contribution in [0.4, 0.5) is 0 Å². The van der Waals surface area contributed by atoms with Crippen molar-refractivity contribution in [2.45, 2.75) is 18.2 Å². The van der Waals surface area contributed by atoms with Crippen molar-refractivity contribution in [3.8, 4) is 17.2 Å². The minimum atomic E-state index is -0.794. The number of nitrogens with zero attached hydrogens (tertiary/aromatic N) is 1. The summed E-state index contributed by atoms with van der Waals surface area (Å²) in [7, 11) is 4.59. The highest BCUT2D eigenvalue weighted by atomic mass is 35.5. The quantitative estimate of drug-likeness (QED) is 0.784. The first kappa shape index (κ1) is 15.8. The summed E-state index contributed by atoms with van der Waals surface area (Å²) in [6, 6.07) is 3.47. The van der Waals surface area contributed by atoms with E-state index in [-0.39, 0.29) is 5.91 Å². The number of carbonyl (C=O) groups is 1. The van der Waals surface area contributed by atoms with E-state index in [1.165, 1.54) is 14.2 Å². The Hall–Kier alpha value is -1.62. The first-order valence-corrected chi connectivity index (χ1v) is 7.29. The maximum absolute atomic E-state index is 12.4. The van der Waals surface area contributed by atoms with Gasteiger partial charge in [0, 0.05) is 18.7 Å². The molecule has 5 nitrogen and oxygen atoms in total. The summed E-state index contributed by atoms with van der Waals surface area (Å²) in [5.74, 6) is 1.32. The molecule has 0 aromatic heterocycles. The third-order valence-electron chi connectivity index (χ3n) is 3.64. The molecule has 1 fully saturated rings. The van der Waals surface area contributed by atoms with Gasteiger partial charge in [0.25, 0.3) is 0 Å². The third kappa shape index (κ3) is 3.02. The number of methoxy groups -OCH3 is 3. The molecular weight excluding hydrogens is 294 g/mol. The van der Waals surface area contributed by atoms with Gasteiger partial charge in [0.15, 0.2) is 11.5 Å². The monoisotopic (exact) mass is 313 g/mol. The molecule has 1 aromatic rings. The van der Waals surface area contributed by atoms with E-state index in [2.05, 4.69) is 0 Å².